The summed E-state index contributed by atoms with van der Waals surface area (Å²) in [6, 6.07) is 2.09. The van der Waals surface area contributed by atoms with Crippen molar-refractivity contribution in [2.45, 2.75) is 26.2 Å². The van der Waals surface area contributed by atoms with Gasteiger partial charge in [0.2, 0.25) is 0 Å². The van der Waals surface area contributed by atoms with Gasteiger partial charge < -0.3 is 0 Å². The van der Waals surface area contributed by atoms with Gasteiger partial charge in [-0.2, -0.15) is 0 Å². The van der Waals surface area contributed by atoms with Gasteiger partial charge in [-0.25, -0.2) is 4.98 Å². The fourth-order valence-corrected chi connectivity index (χ4v) is 2.09. The molecule has 1 aromatic heterocycles. The first-order valence-electron chi connectivity index (χ1n) is 3.73. The summed E-state index contributed by atoms with van der Waals surface area (Å²) in [5, 5.41) is 0. The molecule has 3 heteroatoms. The lowest BCUT2D eigenvalue weighted by atomic mass is 9.88. The van der Waals surface area contributed by atoms with Crippen molar-refractivity contribution in [1.82, 2.24) is 4.98 Å². The van der Waals surface area contributed by atoms with Crippen molar-refractivity contribution in [2.24, 2.45) is 0 Å². The molecule has 0 unspecified atom stereocenters. The summed E-state index contributed by atoms with van der Waals surface area (Å²) >= 11 is 6.84. The Hall–Kier alpha value is 0.110. The fourth-order valence-electron chi connectivity index (χ4n) is 0.949. The van der Waals surface area contributed by atoms with Crippen molar-refractivity contribution in [3.8, 4) is 0 Å². The Bertz CT molecular complexity index is 289. The lowest BCUT2D eigenvalue weighted by Gasteiger charge is -2.19. The minimum Gasteiger partial charge on any atom is -0.248 e. The molecule has 12 heavy (non-hydrogen) atoms. The Morgan fingerprint density at radius 2 is 1.83 bits per heavy atom. The maximum absolute atomic E-state index is 4.21. The van der Waals surface area contributed by atoms with E-state index in [2.05, 4.69) is 63.7 Å². The molecule has 1 nitrogen and oxygen atoms in total. The highest BCUT2D eigenvalue weighted by molar-refractivity contribution is 9.11. The van der Waals surface area contributed by atoms with Crippen molar-refractivity contribution in [3.63, 3.8) is 0 Å². The highest BCUT2D eigenvalue weighted by Gasteiger charge is 2.17. The zero-order valence-electron chi connectivity index (χ0n) is 7.36. The number of nitrogens with zero attached hydrogens (tertiary/aromatic N) is 1. The van der Waals surface area contributed by atoms with Crippen LogP contribution in [0.2, 0.25) is 0 Å². The van der Waals surface area contributed by atoms with Gasteiger partial charge in [0.25, 0.3) is 0 Å². The summed E-state index contributed by atoms with van der Waals surface area (Å²) in [7, 11) is 0. The summed E-state index contributed by atoms with van der Waals surface area (Å²) in [4.78, 5) is 4.21. The van der Waals surface area contributed by atoms with Gasteiger partial charge in [-0.05, 0) is 48.9 Å². The van der Waals surface area contributed by atoms with Crippen molar-refractivity contribution >= 4 is 31.9 Å². The summed E-state index contributed by atoms with van der Waals surface area (Å²) in [5.41, 5.74) is 1.35. The predicted molar refractivity (Wildman–Crippen MR) is 58.3 cm³/mol. The van der Waals surface area contributed by atoms with Crippen LogP contribution in [0, 0.1) is 0 Å². The molecule has 0 bridgehead atoms. The maximum atomic E-state index is 4.21. The van der Waals surface area contributed by atoms with E-state index in [1.165, 1.54) is 5.56 Å². The molecule has 0 amide bonds. The molecule has 0 spiro atoms. The third-order valence-corrected chi connectivity index (χ3v) is 2.68. The van der Waals surface area contributed by atoms with E-state index in [-0.39, 0.29) is 5.41 Å². The number of halogens is 2. The predicted octanol–water partition coefficient (Wildman–Crippen LogP) is 3.90. The van der Waals surface area contributed by atoms with Crippen LogP contribution in [-0.4, -0.2) is 4.98 Å². The molecular weight excluding hydrogens is 282 g/mol. The summed E-state index contributed by atoms with van der Waals surface area (Å²) < 4.78 is 1.95. The molecular formula is C9H11Br2N. The SMILES string of the molecule is CC(C)(C)c1cc(Br)cnc1Br. The van der Waals surface area contributed by atoms with Crippen LogP contribution >= 0.6 is 31.9 Å². The molecule has 0 N–H and O–H groups in total. The molecule has 0 saturated heterocycles. The fraction of sp³-hybridized carbons (Fsp3) is 0.444. The molecule has 0 saturated carbocycles. The zero-order valence-corrected chi connectivity index (χ0v) is 10.5. The van der Waals surface area contributed by atoms with Gasteiger partial charge >= 0.3 is 0 Å². The van der Waals surface area contributed by atoms with Gasteiger partial charge in [-0.1, -0.05) is 20.8 Å². The number of hydrogen-bond donors (Lipinski definition) is 0. The first-order valence-corrected chi connectivity index (χ1v) is 5.31. The Kier molecular flexibility index (Phi) is 2.94. The van der Waals surface area contributed by atoms with Crippen LogP contribution < -0.4 is 0 Å². The van der Waals surface area contributed by atoms with Crippen LogP contribution in [0.5, 0.6) is 0 Å². The molecule has 0 atom stereocenters. The Morgan fingerprint density at radius 3 is 2.25 bits per heavy atom. The lowest BCUT2D eigenvalue weighted by Crippen LogP contribution is -2.12. The first-order chi connectivity index (χ1) is 5.41. The van der Waals surface area contributed by atoms with Crippen molar-refractivity contribution < 1.29 is 0 Å². The first kappa shape index (κ1) is 10.2. The molecule has 1 heterocycles. The highest BCUT2D eigenvalue weighted by Crippen LogP contribution is 2.29. The van der Waals surface area contributed by atoms with E-state index in [9.17, 15) is 0 Å². The van der Waals surface area contributed by atoms with E-state index in [4.69, 9.17) is 0 Å². The number of hydrogen-bond acceptors (Lipinski definition) is 1. The van der Waals surface area contributed by atoms with Crippen molar-refractivity contribution in [2.75, 3.05) is 0 Å². The largest absolute Gasteiger partial charge is 0.248 e. The topological polar surface area (TPSA) is 12.9 Å². The molecule has 0 aliphatic carbocycles. The van der Waals surface area contributed by atoms with Crippen molar-refractivity contribution in [1.29, 1.82) is 0 Å². The van der Waals surface area contributed by atoms with Crippen LogP contribution in [0.3, 0.4) is 0 Å². The van der Waals surface area contributed by atoms with E-state index < -0.39 is 0 Å². The molecule has 1 aromatic rings. The van der Waals surface area contributed by atoms with Crippen LogP contribution in [0.1, 0.15) is 26.3 Å². The number of aromatic nitrogens is 1. The average molecular weight is 293 g/mol. The molecule has 66 valence electrons. The molecule has 0 aliphatic rings. The maximum Gasteiger partial charge on any atom is 0.109 e. The van der Waals surface area contributed by atoms with E-state index in [0.717, 1.165) is 9.08 Å². The number of rotatable bonds is 0. The molecule has 0 fully saturated rings. The standard InChI is InChI=1S/C9H11Br2N/c1-9(2,3)7-4-6(10)5-12-8(7)11/h4-5H,1-3H3. The second kappa shape index (κ2) is 3.46. The van der Waals surface area contributed by atoms with E-state index in [1.807, 2.05) is 0 Å². The summed E-state index contributed by atoms with van der Waals surface area (Å²) in [6.45, 7) is 6.50. The van der Waals surface area contributed by atoms with Gasteiger partial charge in [0.15, 0.2) is 0 Å². The van der Waals surface area contributed by atoms with Gasteiger partial charge in [0.1, 0.15) is 4.60 Å². The molecule has 0 aliphatic heterocycles. The second-order valence-electron chi connectivity index (χ2n) is 3.74. The van der Waals surface area contributed by atoms with E-state index >= 15 is 0 Å². The molecule has 0 aromatic carbocycles. The Balaban J connectivity index is 3.23. The molecule has 0 radical (unpaired) electrons. The minimum atomic E-state index is 0.135. The highest BCUT2D eigenvalue weighted by atomic mass is 79.9. The van der Waals surface area contributed by atoms with Crippen LogP contribution in [-0.2, 0) is 5.41 Å². The zero-order chi connectivity index (χ0) is 9.35. The summed E-state index contributed by atoms with van der Waals surface area (Å²) in [6.07, 6.45) is 1.79. The monoisotopic (exact) mass is 291 g/mol. The Labute approximate surface area is 89.8 Å². The minimum absolute atomic E-state index is 0.135. The van der Waals surface area contributed by atoms with Gasteiger partial charge in [0, 0.05) is 10.7 Å². The van der Waals surface area contributed by atoms with E-state index in [1.54, 1.807) is 6.20 Å². The smallest absolute Gasteiger partial charge is 0.109 e. The Morgan fingerprint density at radius 1 is 1.25 bits per heavy atom. The normalized spacial score (nSPS) is 11.8. The quantitative estimate of drug-likeness (QED) is 0.661. The van der Waals surface area contributed by atoms with Crippen LogP contribution in [0.25, 0.3) is 0 Å². The van der Waals surface area contributed by atoms with Gasteiger partial charge in [-0.15, -0.1) is 0 Å². The van der Waals surface area contributed by atoms with Gasteiger partial charge in [0.05, 0.1) is 0 Å². The van der Waals surface area contributed by atoms with Crippen LogP contribution in [0.15, 0.2) is 21.3 Å². The third kappa shape index (κ3) is 2.30. The van der Waals surface area contributed by atoms with E-state index in [0.29, 0.717) is 0 Å². The average Bonchev–Trinajstić information content (AvgIpc) is 1.92. The van der Waals surface area contributed by atoms with Crippen LogP contribution in [0.4, 0.5) is 0 Å². The van der Waals surface area contributed by atoms with Gasteiger partial charge in [-0.3, -0.25) is 0 Å². The third-order valence-electron chi connectivity index (χ3n) is 1.61. The molecule has 1 rings (SSSR count). The lowest BCUT2D eigenvalue weighted by molar-refractivity contribution is 0.583. The van der Waals surface area contributed by atoms with Crippen molar-refractivity contribution in [3.05, 3.63) is 26.9 Å². The number of pyridine rings is 1. The summed E-state index contributed by atoms with van der Waals surface area (Å²) in [5.74, 6) is 0. The second-order valence-corrected chi connectivity index (χ2v) is 5.41.